The van der Waals surface area contributed by atoms with Crippen LogP contribution >= 0.6 is 11.6 Å². The van der Waals surface area contributed by atoms with Crippen LogP contribution in [0.4, 0.5) is 0 Å². The van der Waals surface area contributed by atoms with Crippen LogP contribution in [0.25, 0.3) is 0 Å². The molecule has 0 amide bonds. The van der Waals surface area contributed by atoms with E-state index in [1.165, 1.54) is 5.56 Å². The second kappa shape index (κ2) is 8.43. The van der Waals surface area contributed by atoms with Crippen molar-refractivity contribution in [3.63, 3.8) is 0 Å². The zero-order valence-electron chi connectivity index (χ0n) is 16.3. The first kappa shape index (κ1) is 19.1. The number of hydrogen-bond acceptors (Lipinski definition) is 4. The van der Waals surface area contributed by atoms with Gasteiger partial charge in [0.05, 0.1) is 18.0 Å². The minimum Gasteiger partial charge on any atom is -0.369 e. The quantitative estimate of drug-likeness (QED) is 0.655. The maximum atomic E-state index is 6.31. The van der Waals surface area contributed by atoms with Crippen LogP contribution in [0, 0.1) is 6.92 Å². The molecule has 1 aliphatic rings. The molecule has 4 rings (SSSR count). The van der Waals surface area contributed by atoms with Crippen molar-refractivity contribution >= 4 is 11.6 Å². The monoisotopic (exact) mass is 396 g/mol. The number of pyridine rings is 1. The zero-order chi connectivity index (χ0) is 19.5. The molecule has 0 N–H and O–H groups in total. The number of aromatic nitrogens is 3. The maximum Gasteiger partial charge on any atom is 0.112 e. The van der Waals surface area contributed by atoms with Crippen molar-refractivity contribution in [2.24, 2.45) is 7.05 Å². The lowest BCUT2D eigenvalue weighted by molar-refractivity contribution is -0.0351. The highest BCUT2D eigenvalue weighted by Crippen LogP contribution is 2.24. The molecule has 3 aromatic rings. The number of benzene rings is 1. The largest absolute Gasteiger partial charge is 0.369 e. The lowest BCUT2D eigenvalue weighted by atomic mass is 10.1. The van der Waals surface area contributed by atoms with Gasteiger partial charge < -0.3 is 4.74 Å². The Hall–Kier alpha value is -2.21. The summed E-state index contributed by atoms with van der Waals surface area (Å²) in [5, 5.41) is 5.23. The molecule has 1 aliphatic heterocycles. The van der Waals surface area contributed by atoms with Gasteiger partial charge in [-0.15, -0.1) is 0 Å². The van der Waals surface area contributed by atoms with Crippen LogP contribution in [-0.4, -0.2) is 39.4 Å². The number of ether oxygens (including phenoxy) is 1. The van der Waals surface area contributed by atoms with Gasteiger partial charge in [0.15, 0.2) is 0 Å². The van der Waals surface area contributed by atoms with Gasteiger partial charge in [0, 0.05) is 55.6 Å². The Bertz CT molecular complexity index is 955. The smallest absolute Gasteiger partial charge is 0.112 e. The topological polar surface area (TPSA) is 43.2 Å². The summed E-state index contributed by atoms with van der Waals surface area (Å²) in [4.78, 5) is 7.29. The summed E-state index contributed by atoms with van der Waals surface area (Å²) in [5.41, 5.74) is 5.44. The summed E-state index contributed by atoms with van der Waals surface area (Å²) < 4.78 is 7.92. The molecule has 0 radical (unpaired) electrons. The molecule has 2 aromatic heterocycles. The minimum absolute atomic E-state index is 0.0167. The van der Waals surface area contributed by atoms with Crippen LogP contribution in [-0.2, 0) is 24.8 Å². The van der Waals surface area contributed by atoms with Crippen molar-refractivity contribution < 1.29 is 4.74 Å². The van der Waals surface area contributed by atoms with E-state index in [9.17, 15) is 0 Å². The molecule has 0 aliphatic carbocycles. The van der Waals surface area contributed by atoms with Crippen LogP contribution in [0.3, 0.4) is 0 Å². The third-order valence-electron chi connectivity index (χ3n) is 5.15. The SMILES string of the molecule is Cc1nn(C)cc1CN1CCO[C@@H](c2cccc(Cc3ccccc3Cl)n2)C1. The standard InChI is InChI=1S/C22H25ClN4O/c1-16-18(13-26(2)25-16)14-27-10-11-28-22(15-27)21-9-5-7-19(24-21)12-17-6-3-4-8-20(17)23/h3-9,13,22H,10-12,14-15H2,1-2H3/t22-/m1/s1. The molecule has 1 aromatic carbocycles. The Morgan fingerprint density at radius 1 is 1.14 bits per heavy atom. The molecule has 146 valence electrons. The maximum absolute atomic E-state index is 6.31. The van der Waals surface area contributed by atoms with Crippen molar-refractivity contribution in [1.29, 1.82) is 0 Å². The molecule has 1 saturated heterocycles. The van der Waals surface area contributed by atoms with Gasteiger partial charge >= 0.3 is 0 Å². The Labute approximate surface area is 170 Å². The van der Waals surface area contributed by atoms with Gasteiger partial charge in [0.2, 0.25) is 0 Å². The zero-order valence-corrected chi connectivity index (χ0v) is 17.1. The highest BCUT2D eigenvalue weighted by molar-refractivity contribution is 6.31. The average Bonchev–Trinajstić information content (AvgIpc) is 3.01. The normalized spacial score (nSPS) is 17.8. The molecule has 6 heteroatoms. The Morgan fingerprint density at radius 3 is 2.79 bits per heavy atom. The average molecular weight is 397 g/mol. The van der Waals surface area contributed by atoms with Gasteiger partial charge in [-0.05, 0) is 30.7 Å². The van der Waals surface area contributed by atoms with Crippen LogP contribution < -0.4 is 0 Å². The fourth-order valence-electron chi connectivity index (χ4n) is 3.68. The number of nitrogens with zero attached hydrogens (tertiary/aromatic N) is 4. The third kappa shape index (κ3) is 4.43. The highest BCUT2D eigenvalue weighted by Gasteiger charge is 2.24. The fraction of sp³-hybridized carbons (Fsp3) is 0.364. The number of halogens is 1. The van der Waals surface area contributed by atoms with Crippen LogP contribution in [0.15, 0.2) is 48.7 Å². The van der Waals surface area contributed by atoms with Gasteiger partial charge in [-0.2, -0.15) is 5.10 Å². The van der Waals surface area contributed by atoms with Gasteiger partial charge in [0.1, 0.15) is 6.10 Å². The lowest BCUT2D eigenvalue weighted by Crippen LogP contribution is -2.38. The van der Waals surface area contributed by atoms with Gasteiger partial charge in [-0.1, -0.05) is 35.9 Å². The predicted molar refractivity (Wildman–Crippen MR) is 110 cm³/mol. The van der Waals surface area contributed by atoms with Crippen LogP contribution in [0.5, 0.6) is 0 Å². The van der Waals surface area contributed by atoms with E-state index < -0.39 is 0 Å². The van der Waals surface area contributed by atoms with E-state index in [-0.39, 0.29) is 6.10 Å². The fourth-order valence-corrected chi connectivity index (χ4v) is 3.89. The highest BCUT2D eigenvalue weighted by atomic mass is 35.5. The van der Waals surface area contributed by atoms with E-state index >= 15 is 0 Å². The van der Waals surface area contributed by atoms with E-state index in [2.05, 4.69) is 35.3 Å². The first-order chi connectivity index (χ1) is 13.6. The number of morpholine rings is 1. The molecule has 0 spiro atoms. The third-order valence-corrected chi connectivity index (χ3v) is 5.52. The van der Waals surface area contributed by atoms with Crippen LogP contribution in [0.1, 0.15) is 34.3 Å². The van der Waals surface area contributed by atoms with E-state index in [0.717, 1.165) is 53.7 Å². The Balaban J connectivity index is 1.46. The summed E-state index contributed by atoms with van der Waals surface area (Å²) >= 11 is 6.31. The molecule has 3 heterocycles. The second-order valence-electron chi connectivity index (χ2n) is 7.33. The van der Waals surface area contributed by atoms with Crippen molar-refractivity contribution in [2.45, 2.75) is 26.0 Å². The molecule has 28 heavy (non-hydrogen) atoms. The van der Waals surface area contributed by atoms with Crippen molar-refractivity contribution in [1.82, 2.24) is 19.7 Å². The predicted octanol–water partition coefficient (Wildman–Crippen LogP) is 3.94. The Morgan fingerprint density at radius 2 is 2.00 bits per heavy atom. The molecule has 0 unspecified atom stereocenters. The molecular formula is C22H25ClN4O. The van der Waals surface area contributed by atoms with Gasteiger partial charge in [-0.3, -0.25) is 14.6 Å². The summed E-state index contributed by atoms with van der Waals surface area (Å²) in [6.45, 7) is 5.41. The molecule has 0 bridgehead atoms. The lowest BCUT2D eigenvalue weighted by Gasteiger charge is -2.32. The summed E-state index contributed by atoms with van der Waals surface area (Å²) in [7, 11) is 1.97. The molecule has 5 nitrogen and oxygen atoms in total. The summed E-state index contributed by atoms with van der Waals surface area (Å²) in [6, 6.07) is 14.1. The van der Waals surface area contributed by atoms with E-state index in [4.69, 9.17) is 21.3 Å². The van der Waals surface area contributed by atoms with Crippen molar-refractivity contribution in [3.8, 4) is 0 Å². The number of aryl methyl sites for hydroxylation is 2. The molecule has 1 fully saturated rings. The Kier molecular flexibility index (Phi) is 5.76. The van der Waals surface area contributed by atoms with Gasteiger partial charge in [0.25, 0.3) is 0 Å². The van der Waals surface area contributed by atoms with E-state index in [1.807, 2.05) is 42.1 Å². The van der Waals surface area contributed by atoms with Crippen LogP contribution in [0.2, 0.25) is 5.02 Å². The number of hydrogen-bond donors (Lipinski definition) is 0. The first-order valence-electron chi connectivity index (χ1n) is 9.61. The van der Waals surface area contributed by atoms with Crippen molar-refractivity contribution in [2.75, 3.05) is 19.7 Å². The molecule has 0 saturated carbocycles. The summed E-state index contributed by atoms with van der Waals surface area (Å²) in [5.74, 6) is 0. The van der Waals surface area contributed by atoms with Crippen molar-refractivity contribution in [3.05, 3.63) is 81.9 Å². The first-order valence-corrected chi connectivity index (χ1v) is 9.98. The minimum atomic E-state index is -0.0167. The van der Waals surface area contributed by atoms with E-state index in [1.54, 1.807) is 0 Å². The molecule has 1 atom stereocenters. The number of rotatable bonds is 5. The molecular weight excluding hydrogens is 372 g/mol. The van der Waals surface area contributed by atoms with Gasteiger partial charge in [-0.25, -0.2) is 0 Å². The second-order valence-corrected chi connectivity index (χ2v) is 7.74. The summed E-state index contributed by atoms with van der Waals surface area (Å²) in [6.07, 6.45) is 2.80. The van der Waals surface area contributed by atoms with E-state index in [0.29, 0.717) is 6.61 Å².